The Morgan fingerprint density at radius 3 is 1.47 bits per heavy atom. The van der Waals surface area contributed by atoms with Crippen molar-refractivity contribution in [1.82, 2.24) is 5.32 Å². The molecule has 0 spiro atoms. The molecule has 0 radical (unpaired) electrons. The van der Waals surface area contributed by atoms with Crippen molar-refractivity contribution in [3.8, 4) is 0 Å². The molecule has 0 rings (SSSR count). The molecule has 0 bridgehead atoms. The summed E-state index contributed by atoms with van der Waals surface area (Å²) in [5, 5.41) is 13.7. The van der Waals surface area contributed by atoms with Crippen molar-refractivity contribution >= 4 is 13.7 Å². The van der Waals surface area contributed by atoms with Crippen LogP contribution in [0.3, 0.4) is 0 Å². The lowest BCUT2D eigenvalue weighted by atomic mass is 10.0. The molecule has 0 aromatic rings. The fraction of sp³-hybridized carbons (Fsp3) is 0.816. The minimum absolute atomic E-state index is 0.0723. The van der Waals surface area contributed by atoms with Gasteiger partial charge in [-0.05, 0) is 64.2 Å². The Hall–Kier alpha value is -1.54. The Kier molecular flexibility index (Phi) is 43.8. The van der Waals surface area contributed by atoms with Crippen LogP contribution in [0.25, 0.3) is 0 Å². The zero-order valence-corrected chi connectivity index (χ0v) is 38.7. The molecule has 340 valence electrons. The highest BCUT2D eigenvalue weighted by Gasteiger charge is 2.26. The minimum atomic E-state index is -4.35. The van der Waals surface area contributed by atoms with E-state index in [0.29, 0.717) is 6.42 Å². The molecule has 3 unspecified atom stereocenters. The number of carbonyl (C=O) groups excluding carboxylic acids is 1. The first-order chi connectivity index (χ1) is 28.4. The summed E-state index contributed by atoms with van der Waals surface area (Å²) >= 11 is 0. The monoisotopic (exact) mass is 837 g/mol. The van der Waals surface area contributed by atoms with Gasteiger partial charge in [-0.2, -0.15) is 0 Å². The average molecular weight is 837 g/mol. The zero-order valence-electron chi connectivity index (χ0n) is 37.8. The summed E-state index contributed by atoms with van der Waals surface area (Å²) in [5.74, 6) is -0.208. The highest BCUT2D eigenvalue weighted by molar-refractivity contribution is 7.47. The Morgan fingerprint density at radius 2 is 0.966 bits per heavy atom. The molecule has 0 aromatic carbocycles. The van der Waals surface area contributed by atoms with Crippen molar-refractivity contribution in [3.63, 3.8) is 0 Å². The van der Waals surface area contributed by atoms with Gasteiger partial charge in [-0.3, -0.25) is 13.8 Å². The number of hydrogen-bond acceptors (Lipinski definition) is 6. The van der Waals surface area contributed by atoms with E-state index in [9.17, 15) is 19.4 Å². The predicted octanol–water partition coefficient (Wildman–Crippen LogP) is 14.1. The smallest absolute Gasteiger partial charge is 0.387 e. The third-order valence-electron chi connectivity index (χ3n) is 10.6. The largest absolute Gasteiger partial charge is 0.472 e. The number of nitrogens with one attached hydrogen (secondary N) is 1. The number of aliphatic hydroxyl groups is 1. The predicted molar refractivity (Wildman–Crippen MR) is 249 cm³/mol. The van der Waals surface area contributed by atoms with Gasteiger partial charge in [0.2, 0.25) is 5.91 Å². The normalized spacial score (nSPS) is 14.4. The molecule has 3 atom stereocenters. The first-order valence-corrected chi connectivity index (χ1v) is 25.8. The number of phosphoric ester groups is 1. The van der Waals surface area contributed by atoms with Crippen LogP contribution in [0.15, 0.2) is 48.6 Å². The maximum Gasteiger partial charge on any atom is 0.472 e. The third kappa shape index (κ3) is 42.6. The van der Waals surface area contributed by atoms with E-state index in [1.165, 1.54) is 161 Å². The number of hydrogen-bond donors (Lipinski definition) is 4. The second kappa shape index (κ2) is 45.0. The molecule has 0 aliphatic rings. The fourth-order valence-electron chi connectivity index (χ4n) is 6.94. The van der Waals surface area contributed by atoms with Crippen molar-refractivity contribution in [1.29, 1.82) is 0 Å². The third-order valence-corrected chi connectivity index (χ3v) is 11.6. The molecule has 0 fully saturated rings. The SMILES string of the molecule is CCCCC/C=C\C/C=C\CCCCCCCCCCCC(=O)NC(COP(=O)(O)OCCN)C(O)/C=C/CC/C=C/CCCCCCCCCCCCCCCC. The van der Waals surface area contributed by atoms with Crippen LogP contribution in [0, 0.1) is 0 Å². The van der Waals surface area contributed by atoms with E-state index >= 15 is 0 Å². The standard InChI is InChI=1S/C49H93N2O6P/c1-3-5-7-9-11-13-15-17-19-21-23-25-26-28-30-32-34-36-38-40-42-48(52)47(46-57-58(54,55)56-45-44-50)51-49(53)43-41-39-37-35-33-31-29-27-24-22-20-18-16-14-12-10-8-6-4-2/h12,14,18,20,32,34,40,42,47-48,52H,3-11,13,15-17,19,21-31,33,35-39,41,43-46,50H2,1-2H3,(H,51,53)(H,54,55)/b14-12-,20-18-,34-32+,42-40+. The maximum atomic E-state index is 12.8. The molecule has 1 amide bonds. The van der Waals surface area contributed by atoms with Gasteiger partial charge in [0.05, 0.1) is 25.4 Å². The van der Waals surface area contributed by atoms with Crippen LogP contribution >= 0.6 is 7.82 Å². The zero-order chi connectivity index (χ0) is 42.5. The highest BCUT2D eigenvalue weighted by Crippen LogP contribution is 2.43. The van der Waals surface area contributed by atoms with Crippen LogP contribution in [0.2, 0.25) is 0 Å². The van der Waals surface area contributed by atoms with Crippen LogP contribution in [-0.4, -0.2) is 47.8 Å². The fourth-order valence-corrected chi connectivity index (χ4v) is 7.70. The van der Waals surface area contributed by atoms with Crippen molar-refractivity contribution in [2.45, 2.75) is 238 Å². The average Bonchev–Trinajstić information content (AvgIpc) is 3.21. The Balaban J connectivity index is 4.19. The first-order valence-electron chi connectivity index (χ1n) is 24.3. The molecule has 0 saturated carbocycles. The van der Waals surface area contributed by atoms with Crippen molar-refractivity contribution < 1.29 is 28.4 Å². The van der Waals surface area contributed by atoms with Crippen LogP contribution in [0.5, 0.6) is 0 Å². The van der Waals surface area contributed by atoms with Gasteiger partial charge in [0, 0.05) is 13.0 Å². The van der Waals surface area contributed by atoms with Gasteiger partial charge < -0.3 is 21.1 Å². The molecule has 0 aromatic heterocycles. The van der Waals surface area contributed by atoms with E-state index in [0.717, 1.165) is 44.9 Å². The van der Waals surface area contributed by atoms with E-state index in [-0.39, 0.29) is 25.7 Å². The first kappa shape index (κ1) is 56.5. The Bertz CT molecular complexity index is 1050. The van der Waals surface area contributed by atoms with E-state index < -0.39 is 20.0 Å². The summed E-state index contributed by atoms with van der Waals surface area (Å²) in [6, 6.07) is -0.880. The summed E-state index contributed by atoms with van der Waals surface area (Å²) in [6.45, 7) is 4.10. The van der Waals surface area contributed by atoms with Crippen molar-refractivity contribution in [3.05, 3.63) is 48.6 Å². The molecule has 5 N–H and O–H groups in total. The van der Waals surface area contributed by atoms with Gasteiger partial charge in [0.25, 0.3) is 0 Å². The van der Waals surface area contributed by atoms with E-state index in [1.807, 2.05) is 6.08 Å². The molecule has 9 heteroatoms. The number of amides is 1. The van der Waals surface area contributed by atoms with Gasteiger partial charge in [0.15, 0.2) is 0 Å². The van der Waals surface area contributed by atoms with Crippen LogP contribution in [-0.2, 0) is 18.4 Å². The quantitative estimate of drug-likeness (QED) is 0.0273. The van der Waals surface area contributed by atoms with Gasteiger partial charge in [-0.15, -0.1) is 0 Å². The number of allylic oxidation sites excluding steroid dienone is 7. The number of nitrogens with two attached hydrogens (primary N) is 1. The summed E-state index contributed by atoms with van der Waals surface area (Å²) in [7, 11) is -4.35. The Labute approximate surface area is 358 Å². The van der Waals surface area contributed by atoms with Crippen LogP contribution in [0.4, 0.5) is 0 Å². The summed E-state index contributed by atoms with van der Waals surface area (Å²) < 4.78 is 22.2. The lowest BCUT2D eigenvalue weighted by Gasteiger charge is -2.23. The number of aliphatic hydroxyl groups excluding tert-OH is 1. The lowest BCUT2D eigenvalue weighted by Crippen LogP contribution is -2.45. The van der Waals surface area contributed by atoms with E-state index in [1.54, 1.807) is 6.08 Å². The molecular formula is C49H93N2O6P. The molecule has 8 nitrogen and oxygen atoms in total. The number of rotatable bonds is 45. The lowest BCUT2D eigenvalue weighted by molar-refractivity contribution is -0.123. The molecule has 0 aliphatic heterocycles. The number of unbranched alkanes of at least 4 members (excludes halogenated alkanes) is 27. The van der Waals surface area contributed by atoms with Crippen LogP contribution in [0.1, 0.15) is 226 Å². The van der Waals surface area contributed by atoms with Gasteiger partial charge >= 0.3 is 7.82 Å². The summed E-state index contributed by atoms with van der Waals surface area (Å²) in [5.41, 5.74) is 5.38. The number of carbonyl (C=O) groups is 1. The van der Waals surface area contributed by atoms with Crippen molar-refractivity contribution in [2.75, 3.05) is 19.8 Å². The van der Waals surface area contributed by atoms with Gasteiger partial charge in [0.1, 0.15) is 0 Å². The maximum absolute atomic E-state index is 12.8. The van der Waals surface area contributed by atoms with Crippen LogP contribution < -0.4 is 11.1 Å². The Morgan fingerprint density at radius 1 is 0.569 bits per heavy atom. The van der Waals surface area contributed by atoms with E-state index in [4.69, 9.17) is 14.8 Å². The molecule has 0 aliphatic carbocycles. The molecule has 0 heterocycles. The summed E-state index contributed by atoms with van der Waals surface area (Å²) in [6.07, 6.45) is 56.0. The molecular weight excluding hydrogens is 744 g/mol. The summed E-state index contributed by atoms with van der Waals surface area (Å²) in [4.78, 5) is 22.8. The molecule has 58 heavy (non-hydrogen) atoms. The second-order valence-electron chi connectivity index (χ2n) is 16.3. The number of phosphoric acid groups is 1. The van der Waals surface area contributed by atoms with Gasteiger partial charge in [-0.25, -0.2) is 4.57 Å². The minimum Gasteiger partial charge on any atom is -0.387 e. The van der Waals surface area contributed by atoms with E-state index in [2.05, 4.69) is 55.6 Å². The highest BCUT2D eigenvalue weighted by atomic mass is 31.2. The van der Waals surface area contributed by atoms with Crippen molar-refractivity contribution in [2.24, 2.45) is 5.73 Å². The van der Waals surface area contributed by atoms with Gasteiger partial charge in [-0.1, -0.05) is 204 Å². The molecule has 0 saturated heterocycles. The second-order valence-corrected chi connectivity index (χ2v) is 17.8. The topological polar surface area (TPSA) is 131 Å².